The molecule has 1 aliphatic heterocycles. The Balaban J connectivity index is 1.75. The van der Waals surface area contributed by atoms with Gasteiger partial charge in [-0.05, 0) is 31.4 Å². The first-order chi connectivity index (χ1) is 13.0. The Morgan fingerprint density at radius 3 is 2.48 bits per heavy atom. The third-order valence-corrected chi connectivity index (χ3v) is 4.78. The van der Waals surface area contributed by atoms with Gasteiger partial charge in [0.2, 0.25) is 5.91 Å². The number of carbonyl (C=O) groups excluding carboxylic acids is 2. The molecule has 2 amide bonds. The first-order valence-electron chi connectivity index (χ1n) is 9.50. The quantitative estimate of drug-likeness (QED) is 0.688. The van der Waals surface area contributed by atoms with Crippen LogP contribution in [0.5, 0.6) is 5.75 Å². The summed E-state index contributed by atoms with van der Waals surface area (Å²) >= 11 is 0. The van der Waals surface area contributed by atoms with Gasteiger partial charge in [-0.2, -0.15) is 0 Å². The fraction of sp³-hybridized carbons (Fsp3) is 0.550. The summed E-state index contributed by atoms with van der Waals surface area (Å²) in [6, 6.07) is 8.31. The van der Waals surface area contributed by atoms with Crippen molar-refractivity contribution in [1.82, 2.24) is 10.2 Å². The van der Waals surface area contributed by atoms with Crippen molar-refractivity contribution in [2.75, 3.05) is 19.7 Å². The van der Waals surface area contributed by atoms with Crippen LogP contribution in [0.3, 0.4) is 0 Å². The smallest absolute Gasteiger partial charge is 0.326 e. The number of carboxylic acids is 1. The van der Waals surface area contributed by atoms with Gasteiger partial charge in [-0.1, -0.05) is 38.0 Å². The van der Waals surface area contributed by atoms with Crippen molar-refractivity contribution in [2.45, 2.75) is 45.1 Å². The number of piperidine rings is 1. The van der Waals surface area contributed by atoms with Crippen molar-refractivity contribution in [3.8, 4) is 5.75 Å². The number of rotatable bonds is 9. The molecule has 0 bridgehead atoms. The van der Waals surface area contributed by atoms with Gasteiger partial charge < -0.3 is 20.1 Å². The zero-order chi connectivity index (χ0) is 19.6. The molecule has 1 aromatic rings. The van der Waals surface area contributed by atoms with Crippen molar-refractivity contribution in [3.05, 3.63) is 30.3 Å². The Hall–Kier alpha value is -2.57. The highest BCUT2D eigenvalue weighted by Gasteiger charge is 2.29. The number of aliphatic carboxylic acids is 1. The molecule has 1 aliphatic rings. The number of likely N-dealkylation sites (tertiary alicyclic amines) is 1. The van der Waals surface area contributed by atoms with E-state index < -0.39 is 12.0 Å². The Kier molecular flexibility index (Phi) is 8.10. The lowest BCUT2D eigenvalue weighted by molar-refractivity contribution is -0.143. The van der Waals surface area contributed by atoms with Gasteiger partial charge in [-0.3, -0.25) is 9.59 Å². The molecule has 1 heterocycles. The van der Waals surface area contributed by atoms with Crippen LogP contribution in [0.25, 0.3) is 0 Å². The maximum atomic E-state index is 12.4. The fourth-order valence-corrected chi connectivity index (χ4v) is 3.10. The van der Waals surface area contributed by atoms with Crippen LogP contribution in [0.15, 0.2) is 30.3 Å². The average Bonchev–Trinajstić information content (AvgIpc) is 2.69. The number of nitrogens with one attached hydrogen (secondary N) is 1. The maximum Gasteiger partial charge on any atom is 0.326 e. The zero-order valence-corrected chi connectivity index (χ0v) is 15.7. The molecule has 2 rings (SSSR count). The number of unbranched alkanes of at least 4 members (excludes halogenated alkanes) is 1. The SMILES string of the molecule is CCCC[C@H](NC(=O)C1CCN(C(=O)COc2ccccc2)CC1)C(=O)O. The molecule has 0 unspecified atom stereocenters. The van der Waals surface area contributed by atoms with E-state index in [0.29, 0.717) is 38.1 Å². The third-order valence-electron chi connectivity index (χ3n) is 4.78. The molecule has 27 heavy (non-hydrogen) atoms. The van der Waals surface area contributed by atoms with Crippen LogP contribution in [-0.4, -0.2) is 53.5 Å². The molecule has 1 fully saturated rings. The van der Waals surface area contributed by atoms with E-state index in [1.54, 1.807) is 17.0 Å². The van der Waals surface area contributed by atoms with Crippen molar-refractivity contribution in [1.29, 1.82) is 0 Å². The van der Waals surface area contributed by atoms with Gasteiger partial charge in [0.1, 0.15) is 11.8 Å². The van der Waals surface area contributed by atoms with Gasteiger partial charge in [-0.25, -0.2) is 4.79 Å². The Morgan fingerprint density at radius 1 is 1.22 bits per heavy atom. The highest BCUT2D eigenvalue weighted by molar-refractivity contribution is 5.85. The van der Waals surface area contributed by atoms with Gasteiger partial charge in [0.15, 0.2) is 6.61 Å². The van der Waals surface area contributed by atoms with E-state index in [-0.39, 0.29) is 24.3 Å². The number of benzene rings is 1. The van der Waals surface area contributed by atoms with E-state index in [9.17, 15) is 19.5 Å². The lowest BCUT2D eigenvalue weighted by Crippen LogP contribution is -2.48. The lowest BCUT2D eigenvalue weighted by Gasteiger charge is -2.31. The second-order valence-electron chi connectivity index (χ2n) is 6.80. The maximum absolute atomic E-state index is 12.4. The van der Waals surface area contributed by atoms with Gasteiger partial charge in [0, 0.05) is 19.0 Å². The van der Waals surface area contributed by atoms with E-state index in [4.69, 9.17) is 4.74 Å². The molecule has 1 atom stereocenters. The Labute approximate surface area is 159 Å². The summed E-state index contributed by atoms with van der Waals surface area (Å²) in [5.41, 5.74) is 0. The fourth-order valence-electron chi connectivity index (χ4n) is 3.10. The third kappa shape index (κ3) is 6.58. The molecule has 0 saturated carbocycles. The van der Waals surface area contributed by atoms with Crippen LogP contribution in [0.4, 0.5) is 0 Å². The summed E-state index contributed by atoms with van der Waals surface area (Å²) in [6.45, 7) is 2.90. The second-order valence-corrected chi connectivity index (χ2v) is 6.80. The van der Waals surface area contributed by atoms with Crippen LogP contribution in [0, 0.1) is 5.92 Å². The average molecular weight is 376 g/mol. The summed E-state index contributed by atoms with van der Waals surface area (Å²) < 4.78 is 5.48. The highest BCUT2D eigenvalue weighted by Crippen LogP contribution is 2.18. The standard InChI is InChI=1S/C20H28N2O5/c1-2-3-9-17(20(25)26)21-19(24)15-10-12-22(13-11-15)18(23)14-27-16-7-5-4-6-8-16/h4-8,15,17H,2-3,9-14H2,1H3,(H,21,24)(H,25,26)/t17-/m0/s1. The van der Waals surface area contributed by atoms with E-state index in [1.807, 2.05) is 25.1 Å². The summed E-state index contributed by atoms with van der Waals surface area (Å²) in [5, 5.41) is 11.9. The molecular weight excluding hydrogens is 348 g/mol. The molecular formula is C20H28N2O5. The first kappa shape index (κ1) is 20.7. The number of carbonyl (C=O) groups is 3. The van der Waals surface area contributed by atoms with Crippen LogP contribution >= 0.6 is 0 Å². The number of carboxylic acid groups (broad SMARTS) is 1. The topological polar surface area (TPSA) is 95.9 Å². The molecule has 0 spiro atoms. The minimum Gasteiger partial charge on any atom is -0.484 e. The number of amides is 2. The predicted molar refractivity (Wildman–Crippen MR) is 100 cm³/mol. The summed E-state index contributed by atoms with van der Waals surface area (Å²) in [6.07, 6.45) is 3.13. The molecule has 7 heteroatoms. The van der Waals surface area contributed by atoms with E-state index in [1.165, 1.54) is 0 Å². The van der Waals surface area contributed by atoms with Crippen molar-refractivity contribution < 1.29 is 24.2 Å². The van der Waals surface area contributed by atoms with Gasteiger partial charge in [-0.15, -0.1) is 0 Å². The first-order valence-corrected chi connectivity index (χ1v) is 9.50. The molecule has 7 nitrogen and oxygen atoms in total. The minimum atomic E-state index is -0.998. The van der Waals surface area contributed by atoms with Crippen molar-refractivity contribution >= 4 is 17.8 Å². The number of para-hydroxylation sites is 1. The summed E-state index contributed by atoms with van der Waals surface area (Å²) in [7, 11) is 0. The Bertz CT molecular complexity index is 627. The van der Waals surface area contributed by atoms with E-state index in [2.05, 4.69) is 5.32 Å². The normalized spacial score (nSPS) is 15.8. The van der Waals surface area contributed by atoms with Crippen LogP contribution in [-0.2, 0) is 14.4 Å². The number of hydrogen-bond donors (Lipinski definition) is 2. The largest absolute Gasteiger partial charge is 0.484 e. The summed E-state index contributed by atoms with van der Waals surface area (Å²) in [4.78, 5) is 37.6. The molecule has 0 aliphatic carbocycles. The number of ether oxygens (including phenoxy) is 1. The van der Waals surface area contributed by atoms with Crippen molar-refractivity contribution in [3.63, 3.8) is 0 Å². The minimum absolute atomic E-state index is 0.0288. The van der Waals surface area contributed by atoms with E-state index >= 15 is 0 Å². The second kappa shape index (κ2) is 10.5. The summed E-state index contributed by atoms with van der Waals surface area (Å²) in [5.74, 6) is -0.947. The number of hydrogen-bond acceptors (Lipinski definition) is 4. The van der Waals surface area contributed by atoms with Crippen LogP contribution < -0.4 is 10.1 Å². The van der Waals surface area contributed by atoms with E-state index in [0.717, 1.165) is 12.8 Å². The molecule has 2 N–H and O–H groups in total. The molecule has 0 radical (unpaired) electrons. The zero-order valence-electron chi connectivity index (χ0n) is 15.7. The predicted octanol–water partition coefficient (Wildman–Crippen LogP) is 2.06. The van der Waals surface area contributed by atoms with Crippen LogP contribution in [0.1, 0.15) is 39.0 Å². The Morgan fingerprint density at radius 2 is 1.89 bits per heavy atom. The molecule has 1 aromatic carbocycles. The molecule has 0 aromatic heterocycles. The van der Waals surface area contributed by atoms with Gasteiger partial charge in [0.05, 0.1) is 0 Å². The molecule has 148 valence electrons. The number of nitrogens with zero attached hydrogens (tertiary/aromatic N) is 1. The van der Waals surface area contributed by atoms with Crippen molar-refractivity contribution in [2.24, 2.45) is 5.92 Å². The van der Waals surface area contributed by atoms with Gasteiger partial charge >= 0.3 is 5.97 Å². The van der Waals surface area contributed by atoms with Crippen LogP contribution in [0.2, 0.25) is 0 Å². The lowest BCUT2D eigenvalue weighted by atomic mass is 9.95. The molecule has 1 saturated heterocycles. The monoisotopic (exact) mass is 376 g/mol. The highest BCUT2D eigenvalue weighted by atomic mass is 16.5. The van der Waals surface area contributed by atoms with Gasteiger partial charge in [0.25, 0.3) is 5.91 Å².